The third-order valence-electron chi connectivity index (χ3n) is 2.85. The highest BCUT2D eigenvalue weighted by molar-refractivity contribution is 5.97. The monoisotopic (exact) mass is 258 g/mol. The van der Waals surface area contributed by atoms with E-state index in [2.05, 4.69) is 9.97 Å². The SMILES string of the molecule is COc1cnc2[nH]c(/C=C/C(=O)C(C)(C)C)cc2c1. The minimum Gasteiger partial charge on any atom is -0.495 e. The average molecular weight is 258 g/mol. The third-order valence-corrected chi connectivity index (χ3v) is 2.85. The molecule has 0 fully saturated rings. The van der Waals surface area contributed by atoms with Gasteiger partial charge in [0.25, 0.3) is 0 Å². The highest BCUT2D eigenvalue weighted by Gasteiger charge is 2.17. The van der Waals surface area contributed by atoms with Crippen molar-refractivity contribution in [3.8, 4) is 5.75 Å². The standard InChI is InChI=1S/C15H18N2O2/c1-15(2,3)13(18)6-5-11-7-10-8-12(19-4)9-16-14(10)17-11/h5-9H,1-4H3,(H,16,17)/b6-5+. The number of rotatable bonds is 3. The van der Waals surface area contributed by atoms with Gasteiger partial charge in [0.2, 0.25) is 0 Å². The van der Waals surface area contributed by atoms with Gasteiger partial charge >= 0.3 is 0 Å². The smallest absolute Gasteiger partial charge is 0.161 e. The average Bonchev–Trinajstić information content (AvgIpc) is 2.76. The summed E-state index contributed by atoms with van der Waals surface area (Å²) in [5.41, 5.74) is 1.28. The number of aromatic amines is 1. The Morgan fingerprint density at radius 3 is 2.74 bits per heavy atom. The normalized spacial score (nSPS) is 12.2. The van der Waals surface area contributed by atoms with Crippen LogP contribution in [0.25, 0.3) is 17.1 Å². The van der Waals surface area contributed by atoms with Gasteiger partial charge in [-0.2, -0.15) is 0 Å². The van der Waals surface area contributed by atoms with Crippen LogP contribution in [0.3, 0.4) is 0 Å². The van der Waals surface area contributed by atoms with E-state index in [-0.39, 0.29) is 11.2 Å². The van der Waals surface area contributed by atoms with Crippen LogP contribution in [0.2, 0.25) is 0 Å². The number of allylic oxidation sites excluding steroid dienone is 1. The first kappa shape index (κ1) is 13.3. The van der Waals surface area contributed by atoms with Gasteiger partial charge in [-0.05, 0) is 24.3 Å². The third kappa shape index (κ3) is 3.02. The van der Waals surface area contributed by atoms with Crippen LogP contribution in [-0.2, 0) is 4.79 Å². The maximum absolute atomic E-state index is 11.8. The van der Waals surface area contributed by atoms with Gasteiger partial charge in [0, 0.05) is 16.5 Å². The zero-order valence-electron chi connectivity index (χ0n) is 11.7. The predicted octanol–water partition coefficient (Wildman–Crippen LogP) is 3.20. The quantitative estimate of drug-likeness (QED) is 0.860. The fourth-order valence-electron chi connectivity index (χ4n) is 1.63. The van der Waals surface area contributed by atoms with E-state index in [1.807, 2.05) is 32.9 Å². The van der Waals surface area contributed by atoms with Gasteiger partial charge in [-0.25, -0.2) is 4.98 Å². The first-order valence-corrected chi connectivity index (χ1v) is 6.15. The molecule has 0 radical (unpaired) electrons. The molecule has 0 atom stereocenters. The van der Waals surface area contributed by atoms with E-state index in [4.69, 9.17) is 4.74 Å². The number of methoxy groups -OCH3 is 1. The highest BCUT2D eigenvalue weighted by atomic mass is 16.5. The van der Waals surface area contributed by atoms with E-state index in [1.165, 1.54) is 0 Å². The van der Waals surface area contributed by atoms with Crippen molar-refractivity contribution in [3.05, 3.63) is 30.1 Å². The molecule has 2 heterocycles. The van der Waals surface area contributed by atoms with Crippen LogP contribution in [0.5, 0.6) is 5.75 Å². The molecule has 0 saturated carbocycles. The molecule has 2 rings (SSSR count). The van der Waals surface area contributed by atoms with Crippen LogP contribution < -0.4 is 4.74 Å². The van der Waals surface area contributed by atoms with Crippen LogP contribution in [0.4, 0.5) is 0 Å². The molecule has 0 spiro atoms. The van der Waals surface area contributed by atoms with E-state index in [0.29, 0.717) is 5.75 Å². The van der Waals surface area contributed by atoms with Gasteiger partial charge in [-0.1, -0.05) is 20.8 Å². The molecule has 0 aliphatic heterocycles. The molecule has 2 aromatic heterocycles. The Labute approximate surface area is 112 Å². The maximum Gasteiger partial charge on any atom is 0.161 e. The number of pyridine rings is 1. The second kappa shape index (κ2) is 4.88. The molecule has 0 aromatic carbocycles. The minimum atomic E-state index is -0.357. The molecular formula is C15H18N2O2. The van der Waals surface area contributed by atoms with Crippen LogP contribution >= 0.6 is 0 Å². The molecule has 0 saturated heterocycles. The Hall–Kier alpha value is -2.10. The van der Waals surface area contributed by atoms with E-state index >= 15 is 0 Å². The zero-order chi connectivity index (χ0) is 14.0. The predicted molar refractivity (Wildman–Crippen MR) is 76.1 cm³/mol. The number of hydrogen-bond acceptors (Lipinski definition) is 3. The lowest BCUT2D eigenvalue weighted by molar-refractivity contribution is -0.121. The van der Waals surface area contributed by atoms with Crippen LogP contribution in [0, 0.1) is 5.41 Å². The number of hydrogen-bond donors (Lipinski definition) is 1. The largest absolute Gasteiger partial charge is 0.495 e. The second-order valence-corrected chi connectivity index (χ2v) is 5.49. The fourth-order valence-corrected chi connectivity index (χ4v) is 1.63. The molecule has 4 heteroatoms. The lowest BCUT2D eigenvalue weighted by Crippen LogP contribution is -2.17. The molecule has 19 heavy (non-hydrogen) atoms. The summed E-state index contributed by atoms with van der Waals surface area (Å²) < 4.78 is 5.13. The molecular weight excluding hydrogens is 240 g/mol. The summed E-state index contributed by atoms with van der Waals surface area (Å²) in [5.74, 6) is 0.810. The summed E-state index contributed by atoms with van der Waals surface area (Å²) in [6, 6.07) is 3.85. The van der Waals surface area contributed by atoms with Crippen molar-refractivity contribution in [2.24, 2.45) is 5.41 Å². The summed E-state index contributed by atoms with van der Waals surface area (Å²) in [6.07, 6.45) is 5.04. The van der Waals surface area contributed by atoms with Crippen molar-refractivity contribution >= 4 is 22.9 Å². The molecule has 0 unspecified atom stereocenters. The fraction of sp³-hybridized carbons (Fsp3) is 0.333. The number of ketones is 1. The topological polar surface area (TPSA) is 55.0 Å². The second-order valence-electron chi connectivity index (χ2n) is 5.49. The Morgan fingerprint density at radius 1 is 1.37 bits per heavy atom. The van der Waals surface area contributed by atoms with Crippen molar-refractivity contribution in [1.29, 1.82) is 0 Å². The first-order chi connectivity index (χ1) is 8.90. The Balaban J connectivity index is 2.27. The van der Waals surface area contributed by atoms with Gasteiger partial charge < -0.3 is 9.72 Å². The summed E-state index contributed by atoms with van der Waals surface area (Å²) in [5, 5.41) is 0.960. The van der Waals surface area contributed by atoms with E-state index < -0.39 is 0 Å². The van der Waals surface area contributed by atoms with Crippen molar-refractivity contribution in [1.82, 2.24) is 9.97 Å². The van der Waals surface area contributed by atoms with Crippen molar-refractivity contribution in [2.45, 2.75) is 20.8 Å². The lowest BCUT2D eigenvalue weighted by Gasteiger charge is -2.12. The number of ether oxygens (including phenoxy) is 1. The number of nitrogens with zero attached hydrogens (tertiary/aromatic N) is 1. The van der Waals surface area contributed by atoms with Gasteiger partial charge in [0.05, 0.1) is 13.3 Å². The molecule has 0 aliphatic rings. The lowest BCUT2D eigenvalue weighted by atomic mass is 9.90. The summed E-state index contributed by atoms with van der Waals surface area (Å²) in [4.78, 5) is 19.2. The molecule has 100 valence electrons. The molecule has 0 amide bonds. The number of carbonyl (C=O) groups is 1. The number of nitrogens with one attached hydrogen (secondary N) is 1. The number of fused-ring (bicyclic) bond motifs is 1. The van der Waals surface area contributed by atoms with Gasteiger partial charge in [-0.15, -0.1) is 0 Å². The van der Waals surface area contributed by atoms with Gasteiger partial charge in [0.15, 0.2) is 5.78 Å². The zero-order valence-corrected chi connectivity index (χ0v) is 11.7. The summed E-state index contributed by atoms with van der Waals surface area (Å²) in [6.45, 7) is 5.70. The summed E-state index contributed by atoms with van der Waals surface area (Å²) in [7, 11) is 1.61. The molecule has 0 bridgehead atoms. The van der Waals surface area contributed by atoms with E-state index in [0.717, 1.165) is 16.7 Å². The highest BCUT2D eigenvalue weighted by Crippen LogP contribution is 2.20. The van der Waals surface area contributed by atoms with Crippen LogP contribution in [-0.4, -0.2) is 22.9 Å². The Morgan fingerprint density at radius 2 is 2.11 bits per heavy atom. The Bertz CT molecular complexity index is 633. The maximum atomic E-state index is 11.8. The van der Waals surface area contributed by atoms with E-state index in [1.54, 1.807) is 25.5 Å². The first-order valence-electron chi connectivity index (χ1n) is 6.15. The van der Waals surface area contributed by atoms with E-state index in [9.17, 15) is 4.79 Å². The molecule has 2 aromatic rings. The van der Waals surface area contributed by atoms with Crippen molar-refractivity contribution in [2.75, 3.05) is 7.11 Å². The molecule has 4 nitrogen and oxygen atoms in total. The minimum absolute atomic E-state index is 0.0942. The van der Waals surface area contributed by atoms with Gasteiger partial charge in [0.1, 0.15) is 11.4 Å². The number of H-pyrrole nitrogens is 1. The summed E-state index contributed by atoms with van der Waals surface area (Å²) >= 11 is 0. The molecule has 1 N–H and O–H groups in total. The number of aromatic nitrogens is 2. The van der Waals surface area contributed by atoms with Crippen molar-refractivity contribution < 1.29 is 9.53 Å². The number of carbonyl (C=O) groups excluding carboxylic acids is 1. The van der Waals surface area contributed by atoms with Crippen molar-refractivity contribution in [3.63, 3.8) is 0 Å². The van der Waals surface area contributed by atoms with Gasteiger partial charge in [-0.3, -0.25) is 4.79 Å². The van der Waals surface area contributed by atoms with Crippen LogP contribution in [0.1, 0.15) is 26.5 Å². The Kier molecular flexibility index (Phi) is 3.42. The van der Waals surface area contributed by atoms with Crippen LogP contribution in [0.15, 0.2) is 24.4 Å². The molecule has 0 aliphatic carbocycles.